The van der Waals surface area contributed by atoms with E-state index in [2.05, 4.69) is 20.7 Å². The summed E-state index contributed by atoms with van der Waals surface area (Å²) in [6, 6.07) is 4.87. The van der Waals surface area contributed by atoms with Gasteiger partial charge in [-0.3, -0.25) is 0 Å². The van der Waals surface area contributed by atoms with Gasteiger partial charge in [0.15, 0.2) is 0 Å². The van der Waals surface area contributed by atoms with Gasteiger partial charge in [-0.1, -0.05) is 28.8 Å². The molecule has 0 unspecified atom stereocenters. The molecule has 4 nitrogen and oxygen atoms in total. The fourth-order valence-electron chi connectivity index (χ4n) is 2.52. The average Bonchev–Trinajstić information content (AvgIpc) is 2.89. The van der Waals surface area contributed by atoms with E-state index < -0.39 is 10.0 Å². The molecule has 1 saturated carbocycles. The molecule has 7 heteroatoms. The van der Waals surface area contributed by atoms with Crippen LogP contribution in [0.1, 0.15) is 25.7 Å². The molecular weight excluding hydrogens is 360 g/mol. The predicted octanol–water partition coefficient (Wildman–Crippen LogP) is 2.99. The van der Waals surface area contributed by atoms with Gasteiger partial charge < -0.3 is 5.73 Å². The van der Waals surface area contributed by atoms with Gasteiger partial charge in [-0.25, -0.2) is 13.1 Å². The summed E-state index contributed by atoms with van der Waals surface area (Å²) in [6.45, 7) is 0.461. The van der Waals surface area contributed by atoms with Crippen molar-refractivity contribution in [2.75, 3.05) is 18.5 Å². The number of nitrogens with one attached hydrogen (secondary N) is 1. The third-order valence-electron chi connectivity index (χ3n) is 3.80. The second-order valence-electron chi connectivity index (χ2n) is 5.10. The largest absolute Gasteiger partial charge is 0.398 e. The number of halogens is 1. The molecule has 0 aromatic heterocycles. The summed E-state index contributed by atoms with van der Waals surface area (Å²) >= 11 is 5.03. The van der Waals surface area contributed by atoms with Crippen molar-refractivity contribution in [3.05, 3.63) is 22.7 Å². The quantitative estimate of drug-likeness (QED) is 0.772. The van der Waals surface area contributed by atoms with Crippen LogP contribution in [-0.4, -0.2) is 26.0 Å². The first-order valence-corrected chi connectivity index (χ1v) is 9.98. The molecule has 0 aliphatic heterocycles. The van der Waals surface area contributed by atoms with Crippen LogP contribution in [0.15, 0.2) is 27.6 Å². The van der Waals surface area contributed by atoms with E-state index in [1.54, 1.807) is 23.9 Å². The number of rotatable bonds is 5. The Labute approximate surface area is 133 Å². The second kappa shape index (κ2) is 6.25. The van der Waals surface area contributed by atoms with Gasteiger partial charge in [-0.2, -0.15) is 11.8 Å². The molecule has 2 rings (SSSR count). The smallest absolute Gasteiger partial charge is 0.242 e. The molecule has 1 aliphatic carbocycles. The minimum absolute atomic E-state index is 0.0356. The maximum absolute atomic E-state index is 12.4. The second-order valence-corrected chi connectivity index (χ2v) is 9.03. The van der Waals surface area contributed by atoms with Crippen LogP contribution in [-0.2, 0) is 10.0 Å². The van der Waals surface area contributed by atoms with Crippen LogP contribution in [0, 0.1) is 0 Å². The SMILES string of the molecule is CSC1(CNS(=O)(=O)c2cc(Br)ccc2N)CCCC1. The zero-order chi connectivity index (χ0) is 14.8. The van der Waals surface area contributed by atoms with Gasteiger partial charge in [0.25, 0.3) is 0 Å². The minimum Gasteiger partial charge on any atom is -0.398 e. The van der Waals surface area contributed by atoms with Crippen molar-refractivity contribution in [3.8, 4) is 0 Å². The van der Waals surface area contributed by atoms with Crippen LogP contribution in [0.5, 0.6) is 0 Å². The van der Waals surface area contributed by atoms with Gasteiger partial charge in [0.1, 0.15) is 4.90 Å². The number of hydrogen-bond donors (Lipinski definition) is 2. The van der Waals surface area contributed by atoms with Crippen molar-refractivity contribution in [2.24, 2.45) is 0 Å². The van der Waals surface area contributed by atoms with Crippen molar-refractivity contribution in [1.29, 1.82) is 0 Å². The fourth-order valence-corrected chi connectivity index (χ4v) is 5.32. The van der Waals surface area contributed by atoms with Crippen LogP contribution < -0.4 is 10.5 Å². The minimum atomic E-state index is -3.57. The maximum Gasteiger partial charge on any atom is 0.242 e. The first-order chi connectivity index (χ1) is 9.38. The van der Waals surface area contributed by atoms with Crippen molar-refractivity contribution in [3.63, 3.8) is 0 Å². The van der Waals surface area contributed by atoms with Crippen molar-refractivity contribution >= 4 is 43.4 Å². The van der Waals surface area contributed by atoms with Crippen LogP contribution in [0.4, 0.5) is 5.69 Å². The standard InChI is InChI=1S/C13H19BrN2O2S2/c1-19-13(6-2-3-7-13)9-16-20(17,18)12-8-10(14)4-5-11(12)15/h4-5,8,16H,2-3,6-7,9,15H2,1H3. The van der Waals surface area contributed by atoms with E-state index >= 15 is 0 Å². The Bertz CT molecular complexity index is 584. The summed E-state index contributed by atoms with van der Waals surface area (Å²) < 4.78 is 28.3. The molecule has 1 aromatic rings. The lowest BCUT2D eigenvalue weighted by Gasteiger charge is -2.27. The lowest BCUT2D eigenvalue weighted by atomic mass is 10.1. The summed E-state index contributed by atoms with van der Waals surface area (Å²) in [6.07, 6.45) is 6.51. The molecule has 0 radical (unpaired) electrons. The first kappa shape index (κ1) is 16.1. The van der Waals surface area contributed by atoms with E-state index in [0.29, 0.717) is 11.0 Å². The monoisotopic (exact) mass is 378 g/mol. The Hall–Kier alpha value is -0.240. The van der Waals surface area contributed by atoms with E-state index in [1.165, 1.54) is 18.9 Å². The average molecular weight is 379 g/mol. The van der Waals surface area contributed by atoms with Crippen molar-refractivity contribution < 1.29 is 8.42 Å². The third-order valence-corrected chi connectivity index (χ3v) is 7.17. The van der Waals surface area contributed by atoms with Crippen LogP contribution >= 0.6 is 27.7 Å². The lowest BCUT2D eigenvalue weighted by molar-refractivity contribution is 0.551. The van der Waals surface area contributed by atoms with Crippen LogP contribution in [0.25, 0.3) is 0 Å². The fraction of sp³-hybridized carbons (Fsp3) is 0.538. The van der Waals surface area contributed by atoms with Gasteiger partial charge in [-0.05, 0) is 37.3 Å². The molecule has 1 aromatic carbocycles. The Morgan fingerprint density at radius 1 is 1.40 bits per heavy atom. The van der Waals surface area contributed by atoms with Gasteiger partial charge in [-0.15, -0.1) is 0 Å². The van der Waals surface area contributed by atoms with Gasteiger partial charge in [0, 0.05) is 15.8 Å². The Morgan fingerprint density at radius 2 is 2.05 bits per heavy atom. The molecule has 1 fully saturated rings. The molecule has 3 N–H and O–H groups in total. The summed E-state index contributed by atoms with van der Waals surface area (Å²) in [5.74, 6) is 0. The molecule has 0 atom stereocenters. The molecule has 0 bridgehead atoms. The zero-order valence-corrected chi connectivity index (χ0v) is 14.6. The number of anilines is 1. The highest BCUT2D eigenvalue weighted by atomic mass is 79.9. The van der Waals surface area contributed by atoms with Gasteiger partial charge >= 0.3 is 0 Å². The number of nitrogen functional groups attached to an aromatic ring is 1. The summed E-state index contributed by atoms with van der Waals surface area (Å²) in [4.78, 5) is 0.140. The molecule has 0 spiro atoms. The first-order valence-electron chi connectivity index (χ1n) is 6.48. The summed E-state index contributed by atoms with van der Waals surface area (Å²) in [5, 5.41) is 0. The number of sulfonamides is 1. The highest BCUT2D eigenvalue weighted by molar-refractivity contribution is 9.10. The van der Waals surface area contributed by atoms with Crippen LogP contribution in [0.2, 0.25) is 0 Å². The predicted molar refractivity (Wildman–Crippen MR) is 88.5 cm³/mol. The highest BCUT2D eigenvalue weighted by Gasteiger charge is 2.34. The van der Waals surface area contributed by atoms with Crippen LogP contribution in [0.3, 0.4) is 0 Å². The van der Waals surface area contributed by atoms with E-state index in [1.807, 2.05) is 6.26 Å². The number of benzene rings is 1. The van der Waals surface area contributed by atoms with Crippen molar-refractivity contribution in [2.45, 2.75) is 35.3 Å². The summed E-state index contributed by atoms with van der Waals surface area (Å²) in [5.41, 5.74) is 6.05. The molecule has 0 saturated heterocycles. The topological polar surface area (TPSA) is 72.2 Å². The lowest BCUT2D eigenvalue weighted by Crippen LogP contribution is -2.38. The number of nitrogens with two attached hydrogens (primary N) is 1. The zero-order valence-electron chi connectivity index (χ0n) is 11.4. The molecule has 0 heterocycles. The maximum atomic E-state index is 12.4. The van der Waals surface area contributed by atoms with Gasteiger partial charge in [0.2, 0.25) is 10.0 Å². The Morgan fingerprint density at radius 3 is 2.65 bits per heavy atom. The molecule has 1 aliphatic rings. The Kier molecular flexibility index (Phi) is 5.05. The van der Waals surface area contributed by atoms with E-state index in [4.69, 9.17) is 5.73 Å². The van der Waals surface area contributed by atoms with E-state index in [-0.39, 0.29) is 15.3 Å². The van der Waals surface area contributed by atoms with Crippen molar-refractivity contribution in [1.82, 2.24) is 4.72 Å². The van der Waals surface area contributed by atoms with E-state index in [9.17, 15) is 8.42 Å². The summed E-state index contributed by atoms with van der Waals surface area (Å²) in [7, 11) is -3.57. The molecular formula is C13H19BrN2O2S2. The highest BCUT2D eigenvalue weighted by Crippen LogP contribution is 2.40. The molecule has 20 heavy (non-hydrogen) atoms. The third kappa shape index (κ3) is 3.50. The molecule has 0 amide bonds. The number of hydrogen-bond acceptors (Lipinski definition) is 4. The van der Waals surface area contributed by atoms with E-state index in [0.717, 1.165) is 12.8 Å². The normalized spacial score (nSPS) is 18.3. The number of thioether (sulfide) groups is 1. The van der Waals surface area contributed by atoms with Gasteiger partial charge in [0.05, 0.1) is 5.69 Å². The molecule has 112 valence electrons. The Balaban J connectivity index is 2.17.